The average Bonchev–Trinajstić information content (AvgIpc) is 2.75. The quantitative estimate of drug-likeness (QED) is 0.414. The van der Waals surface area contributed by atoms with E-state index in [-0.39, 0.29) is 5.97 Å². The third kappa shape index (κ3) is 4.57. The molecule has 0 bridgehead atoms. The summed E-state index contributed by atoms with van der Waals surface area (Å²) in [5.74, 6) is -0.354. The summed E-state index contributed by atoms with van der Waals surface area (Å²) >= 11 is 2.88. The molecule has 0 amide bonds. The largest absolute Gasteiger partial charge is 0.462 e. The highest BCUT2D eigenvalue weighted by Crippen LogP contribution is 2.41. The van der Waals surface area contributed by atoms with Gasteiger partial charge in [0.2, 0.25) is 0 Å². The number of carbonyl (C=O) groups excluding carboxylic acids is 1. The topological polar surface area (TPSA) is 73.6 Å². The Labute approximate surface area is 128 Å². The van der Waals surface area contributed by atoms with Gasteiger partial charge >= 0.3 is 5.97 Å². The van der Waals surface area contributed by atoms with Crippen molar-refractivity contribution in [2.75, 3.05) is 43.7 Å². The molecule has 0 saturated heterocycles. The van der Waals surface area contributed by atoms with Crippen LogP contribution < -0.4 is 11.1 Å². The zero-order chi connectivity index (χ0) is 15.0. The van der Waals surface area contributed by atoms with Crippen molar-refractivity contribution in [3.63, 3.8) is 0 Å². The zero-order valence-corrected chi connectivity index (χ0v) is 13.8. The van der Waals surface area contributed by atoms with Gasteiger partial charge in [0.05, 0.1) is 17.2 Å². The molecule has 1 heterocycles. The number of nitrogens with one attached hydrogen (secondary N) is 1. The lowest BCUT2D eigenvalue weighted by molar-refractivity contribution is 0.0533. The van der Waals surface area contributed by atoms with Crippen LogP contribution in [0.2, 0.25) is 0 Å². The normalized spacial score (nSPS) is 10.6. The Kier molecular flexibility index (Phi) is 7.79. The first-order valence-corrected chi connectivity index (χ1v) is 8.64. The summed E-state index contributed by atoms with van der Waals surface area (Å²) in [6, 6.07) is 0. The first-order chi connectivity index (χ1) is 9.65. The van der Waals surface area contributed by atoms with E-state index in [1.54, 1.807) is 6.92 Å². The van der Waals surface area contributed by atoms with Gasteiger partial charge in [-0.15, -0.1) is 23.1 Å². The molecular formula is C13H22N2O3S2. The minimum absolute atomic E-state index is 0.349. The molecule has 1 aromatic heterocycles. The van der Waals surface area contributed by atoms with Crippen molar-refractivity contribution >= 4 is 39.8 Å². The molecule has 0 radical (unpaired) electrons. The van der Waals surface area contributed by atoms with Crippen LogP contribution in [-0.2, 0) is 9.47 Å². The molecule has 0 spiro atoms. The fourth-order valence-electron chi connectivity index (χ4n) is 1.62. The summed E-state index contributed by atoms with van der Waals surface area (Å²) in [7, 11) is 0. The van der Waals surface area contributed by atoms with E-state index in [0.29, 0.717) is 17.2 Å². The Balaban J connectivity index is 2.70. The van der Waals surface area contributed by atoms with E-state index in [2.05, 4.69) is 5.32 Å². The van der Waals surface area contributed by atoms with E-state index in [1.165, 1.54) is 23.1 Å². The maximum atomic E-state index is 11.8. The number of ether oxygens (including phenoxy) is 2. The molecule has 5 nitrogen and oxygen atoms in total. The molecule has 0 fully saturated rings. The van der Waals surface area contributed by atoms with Gasteiger partial charge in [0.1, 0.15) is 9.88 Å². The Morgan fingerprint density at radius 3 is 2.75 bits per heavy atom. The smallest absolute Gasteiger partial charge is 0.350 e. The SMILES string of the molecule is CCOCCCNc1sc(C(=O)OCC)c(N)c1SC. The number of nitrogen functional groups attached to an aromatic ring is 1. The fraction of sp³-hybridized carbons (Fsp3) is 0.615. The van der Waals surface area contributed by atoms with Crippen molar-refractivity contribution in [1.82, 2.24) is 0 Å². The molecule has 7 heteroatoms. The molecule has 0 unspecified atom stereocenters. The second-order valence-electron chi connectivity index (χ2n) is 3.90. The van der Waals surface area contributed by atoms with E-state index in [0.717, 1.165) is 36.1 Å². The predicted molar refractivity (Wildman–Crippen MR) is 86.1 cm³/mol. The number of rotatable bonds is 9. The van der Waals surface area contributed by atoms with E-state index in [9.17, 15) is 4.79 Å². The van der Waals surface area contributed by atoms with Crippen LogP contribution in [-0.4, -0.2) is 38.6 Å². The average molecular weight is 318 g/mol. The fourth-order valence-corrected chi connectivity index (χ4v) is 3.57. The maximum Gasteiger partial charge on any atom is 0.350 e. The first-order valence-electron chi connectivity index (χ1n) is 6.60. The van der Waals surface area contributed by atoms with E-state index in [1.807, 2.05) is 13.2 Å². The Hall–Kier alpha value is -0.920. The number of anilines is 2. The van der Waals surface area contributed by atoms with Crippen LogP contribution in [0.15, 0.2) is 4.90 Å². The Morgan fingerprint density at radius 1 is 1.40 bits per heavy atom. The van der Waals surface area contributed by atoms with Gasteiger partial charge in [-0.25, -0.2) is 4.79 Å². The van der Waals surface area contributed by atoms with Crippen LogP contribution in [0.1, 0.15) is 29.9 Å². The lowest BCUT2D eigenvalue weighted by Crippen LogP contribution is -2.05. The van der Waals surface area contributed by atoms with Gasteiger partial charge in [-0.1, -0.05) is 0 Å². The van der Waals surface area contributed by atoms with Crippen molar-refractivity contribution in [2.45, 2.75) is 25.2 Å². The molecule has 0 aliphatic heterocycles. The minimum atomic E-state index is -0.354. The van der Waals surface area contributed by atoms with Crippen LogP contribution >= 0.6 is 23.1 Å². The molecule has 0 atom stereocenters. The number of hydrogen-bond acceptors (Lipinski definition) is 7. The number of carbonyl (C=O) groups is 1. The summed E-state index contributed by atoms with van der Waals surface area (Å²) in [4.78, 5) is 13.2. The van der Waals surface area contributed by atoms with E-state index in [4.69, 9.17) is 15.2 Å². The maximum absolute atomic E-state index is 11.8. The molecular weight excluding hydrogens is 296 g/mol. The van der Waals surface area contributed by atoms with Crippen molar-refractivity contribution in [2.24, 2.45) is 0 Å². The molecule has 0 saturated carbocycles. The standard InChI is InChI=1S/C13H22N2O3S2/c1-4-17-8-6-7-15-12-10(19-3)9(14)11(20-12)13(16)18-5-2/h15H,4-8,14H2,1-3H3. The van der Waals surface area contributed by atoms with Crippen LogP contribution in [0.3, 0.4) is 0 Å². The highest BCUT2D eigenvalue weighted by Gasteiger charge is 2.21. The molecule has 0 aliphatic carbocycles. The van der Waals surface area contributed by atoms with Crippen molar-refractivity contribution in [1.29, 1.82) is 0 Å². The van der Waals surface area contributed by atoms with Gasteiger partial charge in [0, 0.05) is 19.8 Å². The number of nitrogens with two attached hydrogens (primary N) is 1. The lowest BCUT2D eigenvalue weighted by Gasteiger charge is -2.06. The van der Waals surface area contributed by atoms with E-state index < -0.39 is 0 Å². The predicted octanol–water partition coefficient (Wildman–Crippen LogP) is 3.07. The third-order valence-corrected chi connectivity index (χ3v) is 4.62. The van der Waals surface area contributed by atoms with Gasteiger partial charge in [0.15, 0.2) is 0 Å². The van der Waals surface area contributed by atoms with Crippen molar-refractivity contribution < 1.29 is 14.3 Å². The first kappa shape index (κ1) is 17.1. The summed E-state index contributed by atoms with van der Waals surface area (Å²) in [6.45, 7) is 6.35. The van der Waals surface area contributed by atoms with Crippen molar-refractivity contribution in [3.05, 3.63) is 4.88 Å². The highest BCUT2D eigenvalue weighted by atomic mass is 32.2. The number of hydrogen-bond donors (Lipinski definition) is 2. The van der Waals surface area contributed by atoms with Crippen LogP contribution in [0.25, 0.3) is 0 Å². The van der Waals surface area contributed by atoms with Crippen LogP contribution in [0.4, 0.5) is 10.7 Å². The molecule has 1 aromatic rings. The van der Waals surface area contributed by atoms with Gasteiger partial charge < -0.3 is 20.5 Å². The minimum Gasteiger partial charge on any atom is -0.462 e. The molecule has 1 rings (SSSR count). The zero-order valence-electron chi connectivity index (χ0n) is 12.2. The molecule has 20 heavy (non-hydrogen) atoms. The summed E-state index contributed by atoms with van der Waals surface area (Å²) in [5, 5.41) is 4.24. The van der Waals surface area contributed by atoms with E-state index >= 15 is 0 Å². The second-order valence-corrected chi connectivity index (χ2v) is 5.74. The number of thioether (sulfide) groups is 1. The summed E-state index contributed by atoms with van der Waals surface area (Å²) in [5.41, 5.74) is 6.53. The highest BCUT2D eigenvalue weighted by molar-refractivity contribution is 7.99. The summed E-state index contributed by atoms with van der Waals surface area (Å²) < 4.78 is 10.3. The molecule has 3 N–H and O–H groups in total. The number of esters is 1. The summed E-state index contributed by atoms with van der Waals surface area (Å²) in [6.07, 6.45) is 2.85. The van der Waals surface area contributed by atoms with Gasteiger partial charge in [-0.05, 0) is 26.5 Å². The van der Waals surface area contributed by atoms with Crippen LogP contribution in [0, 0.1) is 0 Å². The molecule has 114 valence electrons. The van der Waals surface area contributed by atoms with Crippen molar-refractivity contribution in [3.8, 4) is 0 Å². The second kappa shape index (κ2) is 9.10. The van der Waals surface area contributed by atoms with Gasteiger partial charge in [0.25, 0.3) is 0 Å². The van der Waals surface area contributed by atoms with Gasteiger partial charge in [-0.3, -0.25) is 0 Å². The monoisotopic (exact) mass is 318 g/mol. The lowest BCUT2D eigenvalue weighted by atomic mass is 10.4. The van der Waals surface area contributed by atoms with Crippen LogP contribution in [0.5, 0.6) is 0 Å². The Morgan fingerprint density at radius 2 is 2.15 bits per heavy atom. The van der Waals surface area contributed by atoms with Gasteiger partial charge in [-0.2, -0.15) is 0 Å². The number of thiophene rings is 1. The molecule has 0 aliphatic rings. The third-order valence-electron chi connectivity index (χ3n) is 2.52. The molecule has 0 aromatic carbocycles. The Bertz CT molecular complexity index is 435.